The zero-order chi connectivity index (χ0) is 19.9. The average Bonchev–Trinajstić information content (AvgIpc) is 2.96. The quantitative estimate of drug-likeness (QED) is 0.771. The molecule has 6 heteroatoms. The predicted octanol–water partition coefficient (Wildman–Crippen LogP) is 3.10. The molecule has 27 heavy (non-hydrogen) atoms. The molecule has 2 heterocycles. The van der Waals surface area contributed by atoms with E-state index in [9.17, 15) is 9.90 Å². The molecule has 6 nitrogen and oxygen atoms in total. The molecule has 3 N–H and O–H groups in total. The summed E-state index contributed by atoms with van der Waals surface area (Å²) in [5.74, 6) is 0.969. The fourth-order valence-corrected chi connectivity index (χ4v) is 3.84. The minimum atomic E-state index is -0.909. The minimum Gasteiger partial charge on any atom is -0.507 e. The van der Waals surface area contributed by atoms with Gasteiger partial charge in [0.2, 0.25) is 0 Å². The molecule has 146 valence electrons. The van der Waals surface area contributed by atoms with Crippen molar-refractivity contribution in [2.45, 2.75) is 66.4 Å². The lowest BCUT2D eigenvalue weighted by molar-refractivity contribution is -0.136. The maximum Gasteiger partial charge on any atom is 0.263 e. The summed E-state index contributed by atoms with van der Waals surface area (Å²) in [5.41, 5.74) is 5.81. The number of amides is 1. The van der Waals surface area contributed by atoms with E-state index in [-0.39, 0.29) is 5.91 Å². The number of hydrogen-bond acceptors (Lipinski definition) is 4. The molecule has 1 aromatic carbocycles. The van der Waals surface area contributed by atoms with Gasteiger partial charge in [0.25, 0.3) is 5.91 Å². The first-order valence-electron chi connectivity index (χ1n) is 9.45. The lowest BCUT2D eigenvalue weighted by Gasteiger charge is -2.36. The van der Waals surface area contributed by atoms with E-state index in [1.807, 2.05) is 41.5 Å². The zero-order valence-corrected chi connectivity index (χ0v) is 17.0. The number of rotatable bonds is 4. The summed E-state index contributed by atoms with van der Waals surface area (Å²) < 4.78 is 6.22. The van der Waals surface area contributed by atoms with E-state index in [1.54, 1.807) is 0 Å². The smallest absolute Gasteiger partial charge is 0.263 e. The molecule has 0 radical (unpaired) electrons. The largest absolute Gasteiger partial charge is 0.507 e. The molecule has 1 aromatic heterocycles. The van der Waals surface area contributed by atoms with E-state index in [1.165, 1.54) is 0 Å². The summed E-state index contributed by atoms with van der Waals surface area (Å²) in [6.45, 7) is 12.1. The number of aryl methyl sites for hydroxylation is 2. The highest BCUT2D eigenvalue weighted by Gasteiger charge is 2.40. The standard InChI is InChI=1S/C21H29N3O3/c1-11-12(2)19-16(13(3)18(11)25)7-9-21(6,27-19)20(26)22-10-8-17-14(4)23-24-15(17)5/h25H,7-10H2,1-6H3,(H,22,26)(H,23,24)/t21-/m1/s1. The van der Waals surface area contributed by atoms with Crippen molar-refractivity contribution >= 4 is 5.91 Å². The van der Waals surface area contributed by atoms with Crippen molar-refractivity contribution in [1.29, 1.82) is 0 Å². The summed E-state index contributed by atoms with van der Waals surface area (Å²) >= 11 is 0. The molecular formula is C21H29N3O3. The fraction of sp³-hybridized carbons (Fsp3) is 0.524. The number of carbonyl (C=O) groups excluding carboxylic acids is 1. The normalized spacial score (nSPS) is 18.7. The van der Waals surface area contributed by atoms with Crippen molar-refractivity contribution in [1.82, 2.24) is 15.5 Å². The second kappa shape index (κ2) is 6.91. The number of aromatic amines is 1. The number of phenols is 1. The van der Waals surface area contributed by atoms with Crippen LogP contribution in [-0.2, 0) is 17.6 Å². The van der Waals surface area contributed by atoms with Gasteiger partial charge in [-0.3, -0.25) is 9.89 Å². The van der Waals surface area contributed by atoms with E-state index in [4.69, 9.17) is 4.74 Å². The van der Waals surface area contributed by atoms with Crippen LogP contribution in [0.2, 0.25) is 0 Å². The highest BCUT2D eigenvalue weighted by Crippen LogP contribution is 2.43. The van der Waals surface area contributed by atoms with Crippen LogP contribution in [-0.4, -0.2) is 33.4 Å². The summed E-state index contributed by atoms with van der Waals surface area (Å²) in [5, 5.41) is 20.5. The van der Waals surface area contributed by atoms with Gasteiger partial charge in [-0.05, 0) is 76.6 Å². The van der Waals surface area contributed by atoms with E-state index in [0.717, 1.165) is 51.4 Å². The SMILES string of the molecule is Cc1n[nH]c(C)c1CCNC(=O)[C@@]1(C)CCc2c(C)c(O)c(C)c(C)c2O1. The van der Waals surface area contributed by atoms with Gasteiger partial charge in [0, 0.05) is 24.2 Å². The summed E-state index contributed by atoms with van der Waals surface area (Å²) in [7, 11) is 0. The van der Waals surface area contributed by atoms with Crippen molar-refractivity contribution in [3.05, 3.63) is 39.2 Å². The Labute approximate surface area is 160 Å². The third kappa shape index (κ3) is 3.29. The molecule has 0 saturated heterocycles. The number of H-pyrrole nitrogens is 1. The number of nitrogens with one attached hydrogen (secondary N) is 2. The number of fused-ring (bicyclic) bond motifs is 1. The Morgan fingerprint density at radius 1 is 1.22 bits per heavy atom. The molecule has 3 rings (SSSR count). The van der Waals surface area contributed by atoms with Crippen LogP contribution in [0.3, 0.4) is 0 Å². The van der Waals surface area contributed by atoms with Gasteiger partial charge in [-0.1, -0.05) is 0 Å². The van der Waals surface area contributed by atoms with Gasteiger partial charge in [0.05, 0.1) is 5.69 Å². The highest BCUT2D eigenvalue weighted by atomic mass is 16.5. The number of ether oxygens (including phenoxy) is 1. The number of benzene rings is 1. The van der Waals surface area contributed by atoms with E-state index in [2.05, 4.69) is 15.5 Å². The number of aromatic nitrogens is 2. The lowest BCUT2D eigenvalue weighted by atomic mass is 9.86. The van der Waals surface area contributed by atoms with Crippen LogP contribution in [0.1, 0.15) is 52.5 Å². The van der Waals surface area contributed by atoms with Crippen molar-refractivity contribution in [2.24, 2.45) is 0 Å². The maximum atomic E-state index is 12.9. The first kappa shape index (κ1) is 19.3. The molecule has 2 aromatic rings. The number of nitrogens with zero attached hydrogens (tertiary/aromatic N) is 1. The van der Waals surface area contributed by atoms with E-state index in [0.29, 0.717) is 25.1 Å². The first-order valence-corrected chi connectivity index (χ1v) is 9.45. The number of aromatic hydroxyl groups is 1. The zero-order valence-electron chi connectivity index (χ0n) is 17.0. The summed E-state index contributed by atoms with van der Waals surface area (Å²) in [6.07, 6.45) is 2.02. The van der Waals surface area contributed by atoms with Crippen molar-refractivity contribution in [2.75, 3.05) is 6.54 Å². The molecule has 1 aliphatic rings. The molecule has 0 aliphatic carbocycles. The first-order chi connectivity index (χ1) is 12.7. The Hall–Kier alpha value is -2.50. The average molecular weight is 371 g/mol. The summed E-state index contributed by atoms with van der Waals surface area (Å²) in [4.78, 5) is 12.9. The van der Waals surface area contributed by atoms with Gasteiger partial charge >= 0.3 is 0 Å². The molecule has 1 aliphatic heterocycles. The molecule has 0 bridgehead atoms. The van der Waals surface area contributed by atoms with Gasteiger partial charge < -0.3 is 15.2 Å². The van der Waals surface area contributed by atoms with Crippen LogP contribution < -0.4 is 10.1 Å². The van der Waals surface area contributed by atoms with Crippen LogP contribution >= 0.6 is 0 Å². The third-order valence-electron chi connectivity index (χ3n) is 5.94. The fourth-order valence-electron chi connectivity index (χ4n) is 3.84. The predicted molar refractivity (Wildman–Crippen MR) is 104 cm³/mol. The Morgan fingerprint density at radius 2 is 1.93 bits per heavy atom. The molecule has 1 atom stereocenters. The second-order valence-electron chi connectivity index (χ2n) is 7.78. The Balaban J connectivity index is 1.73. The Morgan fingerprint density at radius 3 is 2.56 bits per heavy atom. The van der Waals surface area contributed by atoms with Crippen LogP contribution in [0.15, 0.2) is 0 Å². The van der Waals surface area contributed by atoms with Gasteiger partial charge in [-0.25, -0.2) is 0 Å². The maximum absolute atomic E-state index is 12.9. The number of hydrogen-bond donors (Lipinski definition) is 3. The van der Waals surface area contributed by atoms with Crippen LogP contribution in [0.4, 0.5) is 0 Å². The van der Waals surface area contributed by atoms with Gasteiger partial charge in [0.15, 0.2) is 5.60 Å². The Kier molecular flexibility index (Phi) is 4.93. The van der Waals surface area contributed by atoms with E-state index < -0.39 is 5.60 Å². The van der Waals surface area contributed by atoms with Crippen molar-refractivity contribution in [3.8, 4) is 11.5 Å². The molecule has 1 amide bonds. The number of phenolic OH excluding ortho intramolecular Hbond substituents is 1. The number of carbonyl (C=O) groups is 1. The third-order valence-corrected chi connectivity index (χ3v) is 5.94. The molecular weight excluding hydrogens is 342 g/mol. The van der Waals surface area contributed by atoms with Crippen molar-refractivity contribution < 1.29 is 14.6 Å². The van der Waals surface area contributed by atoms with E-state index >= 15 is 0 Å². The molecule has 0 unspecified atom stereocenters. The van der Waals surface area contributed by atoms with Gasteiger partial charge in [-0.2, -0.15) is 5.10 Å². The minimum absolute atomic E-state index is 0.102. The molecule has 0 fully saturated rings. The lowest BCUT2D eigenvalue weighted by Crippen LogP contribution is -2.51. The monoisotopic (exact) mass is 371 g/mol. The second-order valence-corrected chi connectivity index (χ2v) is 7.78. The van der Waals surface area contributed by atoms with Crippen LogP contribution in [0.5, 0.6) is 11.5 Å². The highest BCUT2D eigenvalue weighted by molar-refractivity contribution is 5.85. The van der Waals surface area contributed by atoms with Gasteiger partial charge in [-0.15, -0.1) is 0 Å². The van der Waals surface area contributed by atoms with Crippen LogP contribution in [0, 0.1) is 34.6 Å². The van der Waals surface area contributed by atoms with Crippen LogP contribution in [0.25, 0.3) is 0 Å². The van der Waals surface area contributed by atoms with Gasteiger partial charge in [0.1, 0.15) is 11.5 Å². The topological polar surface area (TPSA) is 87.2 Å². The molecule has 0 saturated carbocycles. The summed E-state index contributed by atoms with van der Waals surface area (Å²) in [6, 6.07) is 0. The Bertz CT molecular complexity index is 881. The molecule has 0 spiro atoms. The van der Waals surface area contributed by atoms with Crippen molar-refractivity contribution in [3.63, 3.8) is 0 Å².